The molecular weight excluding hydrogens is 218 g/mol. The highest BCUT2D eigenvalue weighted by Gasteiger charge is 2.60. The summed E-state index contributed by atoms with van der Waals surface area (Å²) in [4.78, 5) is 14.0. The van der Waals surface area contributed by atoms with Crippen molar-refractivity contribution in [1.29, 1.82) is 0 Å². The van der Waals surface area contributed by atoms with Crippen LogP contribution in [0.5, 0.6) is 0 Å². The number of piperidine rings is 1. The van der Waals surface area contributed by atoms with Gasteiger partial charge in [0.1, 0.15) is 6.10 Å². The van der Waals surface area contributed by atoms with Crippen LogP contribution in [0.4, 0.5) is 0 Å². The Labute approximate surface area is 100 Å². The molecule has 0 aromatic carbocycles. The number of ether oxygens (including phenoxy) is 1. The molecule has 0 aromatic heterocycles. The van der Waals surface area contributed by atoms with E-state index in [1.165, 1.54) is 0 Å². The Morgan fingerprint density at radius 2 is 2.35 bits per heavy atom. The van der Waals surface area contributed by atoms with Gasteiger partial charge in [-0.2, -0.15) is 0 Å². The molecule has 4 nitrogen and oxygen atoms in total. The van der Waals surface area contributed by atoms with Crippen LogP contribution < -0.4 is 0 Å². The molecule has 2 bridgehead atoms. The fourth-order valence-corrected chi connectivity index (χ4v) is 4.34. The summed E-state index contributed by atoms with van der Waals surface area (Å²) in [5.41, 5.74) is 0.378. The van der Waals surface area contributed by atoms with E-state index in [0.29, 0.717) is 6.04 Å². The normalized spacial score (nSPS) is 48.4. The van der Waals surface area contributed by atoms with Crippen LogP contribution in [0.3, 0.4) is 0 Å². The molecular formula is C13H17NO3. The van der Waals surface area contributed by atoms with Gasteiger partial charge < -0.3 is 9.84 Å². The van der Waals surface area contributed by atoms with E-state index in [1.807, 2.05) is 0 Å². The first-order valence-corrected chi connectivity index (χ1v) is 6.58. The number of hydrogen-bond acceptors (Lipinski definition) is 4. The number of hydrogen-bond donors (Lipinski definition) is 1. The lowest BCUT2D eigenvalue weighted by Crippen LogP contribution is -2.65. The molecule has 2 saturated heterocycles. The molecule has 0 unspecified atom stereocenters. The Balaban J connectivity index is 1.79. The van der Waals surface area contributed by atoms with Crippen LogP contribution in [0, 0.1) is 0 Å². The molecule has 0 amide bonds. The van der Waals surface area contributed by atoms with Crippen LogP contribution in [0.1, 0.15) is 32.1 Å². The molecule has 4 aliphatic rings. The molecule has 3 fully saturated rings. The van der Waals surface area contributed by atoms with Crippen molar-refractivity contribution in [2.45, 2.75) is 55.9 Å². The van der Waals surface area contributed by atoms with Crippen molar-refractivity contribution in [1.82, 2.24) is 4.90 Å². The lowest BCUT2D eigenvalue weighted by Gasteiger charge is -2.53. The Hall–Kier alpha value is -0.870. The van der Waals surface area contributed by atoms with Crippen LogP contribution in [0.15, 0.2) is 11.6 Å². The minimum Gasteiger partial charge on any atom is -0.448 e. The topological polar surface area (TPSA) is 49.8 Å². The fraction of sp³-hybridized carbons (Fsp3) is 0.769. The molecule has 1 N–H and O–H groups in total. The fourth-order valence-electron chi connectivity index (χ4n) is 4.34. The molecule has 1 saturated carbocycles. The predicted octanol–water partition coefficient (Wildman–Crippen LogP) is 0.600. The van der Waals surface area contributed by atoms with Crippen molar-refractivity contribution < 1.29 is 14.6 Å². The summed E-state index contributed by atoms with van der Waals surface area (Å²) in [7, 11) is 0. The standard InChI is InChI=1S/C13H17NO3/c15-11-6-8-3-4-9-7-13(8,17-11)12(16)10-2-1-5-14(9)10/h6,9-10,12,16H,1-5,7H2/t9-,10-,12-,13+/m1/s1. The number of carbonyl (C=O) groups excluding carboxylic acids is 1. The van der Waals surface area contributed by atoms with Crippen LogP contribution in [0.25, 0.3) is 0 Å². The summed E-state index contributed by atoms with van der Waals surface area (Å²) >= 11 is 0. The van der Waals surface area contributed by atoms with Gasteiger partial charge in [-0.3, -0.25) is 4.90 Å². The highest BCUT2D eigenvalue weighted by atomic mass is 16.6. The maximum atomic E-state index is 11.5. The molecule has 1 aliphatic carbocycles. The summed E-state index contributed by atoms with van der Waals surface area (Å²) in [6.07, 6.45) is 6.07. The van der Waals surface area contributed by atoms with Crippen molar-refractivity contribution >= 4 is 5.97 Å². The largest absolute Gasteiger partial charge is 0.448 e. The smallest absolute Gasteiger partial charge is 0.331 e. The second-order valence-electron chi connectivity index (χ2n) is 5.77. The molecule has 3 aliphatic heterocycles. The van der Waals surface area contributed by atoms with Gasteiger partial charge in [-0.1, -0.05) is 0 Å². The van der Waals surface area contributed by atoms with Gasteiger partial charge in [-0.15, -0.1) is 0 Å². The first-order chi connectivity index (χ1) is 8.21. The second kappa shape index (κ2) is 3.12. The summed E-state index contributed by atoms with van der Waals surface area (Å²) < 4.78 is 5.54. The first kappa shape index (κ1) is 10.1. The zero-order chi connectivity index (χ0) is 11.6. The number of fused-ring (bicyclic) bond motifs is 3. The Morgan fingerprint density at radius 3 is 3.24 bits per heavy atom. The summed E-state index contributed by atoms with van der Waals surface area (Å²) in [5, 5.41) is 10.6. The molecule has 1 spiro atoms. The number of nitrogens with zero attached hydrogens (tertiary/aromatic N) is 1. The van der Waals surface area contributed by atoms with Crippen molar-refractivity contribution in [3.63, 3.8) is 0 Å². The Morgan fingerprint density at radius 1 is 1.47 bits per heavy atom. The van der Waals surface area contributed by atoms with E-state index >= 15 is 0 Å². The molecule has 4 atom stereocenters. The van der Waals surface area contributed by atoms with E-state index in [1.54, 1.807) is 6.08 Å². The van der Waals surface area contributed by atoms with Gasteiger partial charge in [0.15, 0.2) is 5.60 Å². The summed E-state index contributed by atoms with van der Waals surface area (Å²) in [5.74, 6) is -0.258. The number of aliphatic hydroxyl groups excluding tert-OH is 1. The average molecular weight is 235 g/mol. The maximum Gasteiger partial charge on any atom is 0.331 e. The van der Waals surface area contributed by atoms with Gasteiger partial charge in [-0.25, -0.2) is 4.79 Å². The van der Waals surface area contributed by atoms with E-state index in [9.17, 15) is 9.90 Å². The molecule has 92 valence electrons. The minimum absolute atomic E-state index is 0.198. The van der Waals surface area contributed by atoms with Gasteiger partial charge in [0.2, 0.25) is 0 Å². The number of esters is 1. The lowest BCUT2D eigenvalue weighted by atomic mass is 9.69. The lowest BCUT2D eigenvalue weighted by molar-refractivity contribution is -0.180. The van der Waals surface area contributed by atoms with Crippen molar-refractivity contribution in [3.05, 3.63) is 11.6 Å². The molecule has 4 heteroatoms. The molecule has 4 rings (SSSR count). The van der Waals surface area contributed by atoms with Gasteiger partial charge in [0.05, 0.1) is 0 Å². The van der Waals surface area contributed by atoms with Crippen LogP contribution in [0.2, 0.25) is 0 Å². The van der Waals surface area contributed by atoms with Gasteiger partial charge in [0.25, 0.3) is 0 Å². The van der Waals surface area contributed by atoms with Crippen molar-refractivity contribution in [3.8, 4) is 0 Å². The zero-order valence-corrected chi connectivity index (χ0v) is 9.76. The third-order valence-corrected chi connectivity index (χ3v) is 5.06. The Kier molecular flexibility index (Phi) is 1.85. The van der Waals surface area contributed by atoms with E-state index in [2.05, 4.69) is 4.90 Å². The van der Waals surface area contributed by atoms with Crippen LogP contribution in [-0.4, -0.2) is 46.3 Å². The second-order valence-corrected chi connectivity index (χ2v) is 5.77. The molecule has 0 radical (unpaired) electrons. The van der Waals surface area contributed by atoms with E-state index in [-0.39, 0.29) is 12.0 Å². The van der Waals surface area contributed by atoms with Crippen molar-refractivity contribution in [2.24, 2.45) is 0 Å². The predicted molar refractivity (Wildman–Crippen MR) is 60.3 cm³/mol. The SMILES string of the molecule is O=C1C=C2CC[C@@H]3C[C@@]2(O1)[C@H](O)[C@H]1CCCN31. The van der Waals surface area contributed by atoms with Crippen molar-refractivity contribution in [2.75, 3.05) is 6.54 Å². The highest BCUT2D eigenvalue weighted by molar-refractivity contribution is 5.87. The zero-order valence-electron chi connectivity index (χ0n) is 9.76. The van der Waals surface area contributed by atoms with E-state index < -0.39 is 11.7 Å². The average Bonchev–Trinajstić information content (AvgIpc) is 2.88. The summed E-state index contributed by atoms with van der Waals surface area (Å²) in [6, 6.07) is 0.692. The first-order valence-electron chi connectivity index (χ1n) is 6.58. The number of rotatable bonds is 0. The Bertz CT molecular complexity index is 419. The quantitative estimate of drug-likeness (QED) is 0.625. The third kappa shape index (κ3) is 1.13. The third-order valence-electron chi connectivity index (χ3n) is 5.06. The van der Waals surface area contributed by atoms with Gasteiger partial charge in [-0.05, 0) is 37.8 Å². The minimum atomic E-state index is -0.661. The number of carbonyl (C=O) groups is 1. The number of aliphatic hydroxyl groups is 1. The molecule has 0 aromatic rings. The van der Waals surface area contributed by atoms with Gasteiger partial charge in [0, 0.05) is 24.6 Å². The summed E-state index contributed by atoms with van der Waals surface area (Å²) in [6.45, 7) is 1.09. The van der Waals surface area contributed by atoms with Crippen LogP contribution >= 0.6 is 0 Å². The molecule has 3 heterocycles. The van der Waals surface area contributed by atoms with E-state index in [0.717, 1.165) is 44.2 Å². The maximum absolute atomic E-state index is 11.5. The monoisotopic (exact) mass is 235 g/mol. The van der Waals surface area contributed by atoms with E-state index in [4.69, 9.17) is 4.74 Å². The molecule has 17 heavy (non-hydrogen) atoms. The highest BCUT2D eigenvalue weighted by Crippen LogP contribution is 2.51. The van der Waals surface area contributed by atoms with Gasteiger partial charge >= 0.3 is 5.97 Å². The van der Waals surface area contributed by atoms with Crippen LogP contribution in [-0.2, 0) is 9.53 Å².